The van der Waals surface area contributed by atoms with Crippen LogP contribution in [-0.4, -0.2) is 28.2 Å². The molecule has 0 saturated heterocycles. The van der Waals surface area contributed by atoms with Crippen LogP contribution in [0.5, 0.6) is 0 Å². The van der Waals surface area contributed by atoms with Gasteiger partial charge in [-0.1, -0.05) is 20.8 Å². The Morgan fingerprint density at radius 3 is 2.44 bits per heavy atom. The van der Waals surface area contributed by atoms with Crippen LogP contribution in [0.4, 0.5) is 5.82 Å². The molecule has 0 aliphatic heterocycles. The zero-order chi connectivity index (χ0) is 13.6. The number of halogens is 1. The minimum atomic E-state index is -0.0657. The summed E-state index contributed by atoms with van der Waals surface area (Å²) in [5, 5.41) is 12.8. The summed E-state index contributed by atoms with van der Waals surface area (Å²) < 4.78 is 0.791. The molecule has 0 spiro atoms. The number of hydrogen-bond acceptors (Lipinski definition) is 4. The summed E-state index contributed by atoms with van der Waals surface area (Å²) in [6.07, 6.45) is 2.70. The van der Waals surface area contributed by atoms with Crippen molar-refractivity contribution < 1.29 is 5.11 Å². The molecule has 0 bridgehead atoms. The molecule has 1 aromatic rings. The van der Waals surface area contributed by atoms with Crippen LogP contribution >= 0.6 is 15.9 Å². The minimum absolute atomic E-state index is 0.0657. The Morgan fingerprint density at radius 2 is 1.94 bits per heavy atom. The van der Waals surface area contributed by atoms with Crippen LogP contribution in [0.25, 0.3) is 0 Å². The fourth-order valence-corrected chi connectivity index (χ4v) is 2.19. The van der Waals surface area contributed by atoms with Crippen molar-refractivity contribution in [3.05, 3.63) is 16.5 Å². The predicted molar refractivity (Wildman–Crippen MR) is 77.7 cm³/mol. The van der Waals surface area contributed by atoms with Gasteiger partial charge in [-0.15, -0.1) is 0 Å². The maximum atomic E-state index is 9.53. The first-order valence-electron chi connectivity index (χ1n) is 6.47. The molecule has 0 aliphatic rings. The lowest BCUT2D eigenvalue weighted by molar-refractivity contribution is 0.127. The lowest BCUT2D eigenvalue weighted by Crippen LogP contribution is -2.32. The molecule has 18 heavy (non-hydrogen) atoms. The van der Waals surface area contributed by atoms with E-state index in [4.69, 9.17) is 0 Å². The number of nitrogens with zero attached hydrogens (tertiary/aromatic N) is 2. The summed E-state index contributed by atoms with van der Waals surface area (Å²) in [6.45, 7) is 7.16. The Morgan fingerprint density at radius 1 is 1.28 bits per heavy atom. The Bertz CT molecular complexity index is 372. The van der Waals surface area contributed by atoms with Gasteiger partial charge in [0.1, 0.15) is 16.2 Å². The molecule has 0 atom stereocenters. The van der Waals surface area contributed by atoms with Crippen LogP contribution in [0.15, 0.2) is 10.7 Å². The lowest BCUT2D eigenvalue weighted by Gasteiger charge is -2.29. The lowest BCUT2D eigenvalue weighted by atomic mass is 9.83. The maximum absolute atomic E-state index is 9.53. The van der Waals surface area contributed by atoms with E-state index in [1.165, 1.54) is 0 Å². The number of rotatable bonds is 7. The van der Waals surface area contributed by atoms with E-state index in [1.54, 1.807) is 0 Å². The predicted octanol–water partition coefficient (Wildman–Crippen LogP) is 3.01. The topological polar surface area (TPSA) is 58.0 Å². The second kappa shape index (κ2) is 7.04. The van der Waals surface area contributed by atoms with Gasteiger partial charge >= 0.3 is 0 Å². The van der Waals surface area contributed by atoms with Crippen LogP contribution in [-0.2, 0) is 6.42 Å². The summed E-state index contributed by atoms with van der Waals surface area (Å²) in [7, 11) is 0. The van der Waals surface area contributed by atoms with Gasteiger partial charge in [-0.05, 0) is 28.8 Å². The fourth-order valence-electron chi connectivity index (χ4n) is 1.77. The second-order valence-electron chi connectivity index (χ2n) is 4.56. The fraction of sp³-hybridized carbons (Fsp3) is 0.692. The van der Waals surface area contributed by atoms with E-state index in [-0.39, 0.29) is 12.0 Å². The highest BCUT2D eigenvalue weighted by atomic mass is 79.9. The third-order valence-corrected chi connectivity index (χ3v) is 3.94. The number of aliphatic hydroxyl groups is 1. The monoisotopic (exact) mass is 315 g/mol. The molecule has 1 heterocycles. The average molecular weight is 316 g/mol. The molecule has 102 valence electrons. The number of nitrogens with one attached hydrogen (secondary N) is 1. The van der Waals surface area contributed by atoms with Crippen molar-refractivity contribution in [2.24, 2.45) is 5.41 Å². The molecular weight excluding hydrogens is 294 g/mol. The zero-order valence-corrected chi connectivity index (χ0v) is 12.9. The number of aromatic nitrogens is 2. The summed E-state index contributed by atoms with van der Waals surface area (Å²) in [6, 6.07) is 1.87. The summed E-state index contributed by atoms with van der Waals surface area (Å²) >= 11 is 3.38. The van der Waals surface area contributed by atoms with E-state index in [0.29, 0.717) is 0 Å². The van der Waals surface area contributed by atoms with Gasteiger partial charge in [0.25, 0.3) is 0 Å². The van der Waals surface area contributed by atoms with Gasteiger partial charge in [0.2, 0.25) is 0 Å². The van der Waals surface area contributed by atoms with Crippen LogP contribution in [0.1, 0.15) is 39.4 Å². The van der Waals surface area contributed by atoms with Crippen molar-refractivity contribution in [3.8, 4) is 0 Å². The minimum Gasteiger partial charge on any atom is -0.396 e. The van der Waals surface area contributed by atoms with Gasteiger partial charge in [-0.3, -0.25) is 0 Å². The summed E-state index contributed by atoms with van der Waals surface area (Å²) in [5.74, 6) is 1.63. The van der Waals surface area contributed by atoms with E-state index < -0.39 is 0 Å². The molecule has 0 aliphatic carbocycles. The largest absolute Gasteiger partial charge is 0.396 e. The molecule has 4 nitrogen and oxygen atoms in total. The SMILES string of the molecule is CCc1nc(Br)cc(NCC(CC)(CC)CO)n1. The molecule has 0 saturated carbocycles. The number of aryl methyl sites for hydroxylation is 1. The van der Waals surface area contributed by atoms with Crippen molar-refractivity contribution in [3.63, 3.8) is 0 Å². The van der Waals surface area contributed by atoms with Crippen LogP contribution in [0.2, 0.25) is 0 Å². The smallest absolute Gasteiger partial charge is 0.131 e. The maximum Gasteiger partial charge on any atom is 0.131 e. The molecule has 0 aromatic carbocycles. The van der Waals surface area contributed by atoms with Crippen molar-refractivity contribution in [2.45, 2.75) is 40.0 Å². The highest BCUT2D eigenvalue weighted by Gasteiger charge is 2.25. The molecule has 5 heteroatoms. The average Bonchev–Trinajstić information content (AvgIpc) is 2.40. The molecular formula is C13H22BrN3O. The van der Waals surface area contributed by atoms with E-state index in [1.807, 2.05) is 13.0 Å². The quantitative estimate of drug-likeness (QED) is 0.759. The number of aliphatic hydroxyl groups excluding tert-OH is 1. The molecule has 0 amide bonds. The van der Waals surface area contributed by atoms with Crippen LogP contribution in [0.3, 0.4) is 0 Å². The van der Waals surface area contributed by atoms with Crippen LogP contribution in [0, 0.1) is 5.41 Å². The Kier molecular flexibility index (Phi) is 6.02. The van der Waals surface area contributed by atoms with Gasteiger partial charge in [0.05, 0.1) is 6.61 Å². The van der Waals surface area contributed by atoms with Gasteiger partial charge in [0, 0.05) is 24.4 Å². The molecule has 1 rings (SSSR count). The second-order valence-corrected chi connectivity index (χ2v) is 5.38. The highest BCUT2D eigenvalue weighted by molar-refractivity contribution is 9.10. The Balaban J connectivity index is 2.76. The zero-order valence-electron chi connectivity index (χ0n) is 11.3. The van der Waals surface area contributed by atoms with Gasteiger partial charge in [-0.25, -0.2) is 9.97 Å². The van der Waals surface area contributed by atoms with Crippen molar-refractivity contribution in [1.29, 1.82) is 0 Å². The summed E-state index contributed by atoms with van der Waals surface area (Å²) in [4.78, 5) is 8.70. The third kappa shape index (κ3) is 3.92. The van der Waals surface area contributed by atoms with Gasteiger partial charge < -0.3 is 10.4 Å². The van der Waals surface area contributed by atoms with Gasteiger partial charge in [0.15, 0.2) is 0 Å². The third-order valence-electron chi connectivity index (χ3n) is 3.54. The molecule has 1 aromatic heterocycles. The van der Waals surface area contributed by atoms with E-state index in [9.17, 15) is 5.11 Å². The van der Waals surface area contributed by atoms with E-state index in [0.717, 1.165) is 42.1 Å². The van der Waals surface area contributed by atoms with E-state index in [2.05, 4.69) is 45.1 Å². The molecule has 0 unspecified atom stereocenters. The van der Waals surface area contributed by atoms with Crippen molar-refractivity contribution in [1.82, 2.24) is 9.97 Å². The van der Waals surface area contributed by atoms with Crippen molar-refractivity contribution >= 4 is 21.7 Å². The summed E-state index contributed by atoms with van der Waals surface area (Å²) in [5.41, 5.74) is -0.0657. The highest BCUT2D eigenvalue weighted by Crippen LogP contribution is 2.26. The molecule has 0 radical (unpaired) electrons. The van der Waals surface area contributed by atoms with Crippen molar-refractivity contribution in [2.75, 3.05) is 18.5 Å². The van der Waals surface area contributed by atoms with Gasteiger partial charge in [-0.2, -0.15) is 0 Å². The standard InChI is InChI=1S/C13H22BrN3O/c1-4-11-16-10(14)7-12(17-11)15-8-13(5-2,6-3)9-18/h7,18H,4-6,8-9H2,1-3H3,(H,15,16,17). The van der Waals surface area contributed by atoms with Crippen LogP contribution < -0.4 is 5.32 Å². The molecule has 0 fully saturated rings. The first-order valence-corrected chi connectivity index (χ1v) is 7.26. The Hall–Kier alpha value is -0.680. The number of anilines is 1. The Labute approximate surface area is 117 Å². The number of hydrogen-bond donors (Lipinski definition) is 2. The first kappa shape index (κ1) is 15.4. The first-order chi connectivity index (χ1) is 8.59. The normalized spacial score (nSPS) is 11.6. The van der Waals surface area contributed by atoms with E-state index >= 15 is 0 Å². The molecule has 2 N–H and O–H groups in total.